The largest absolute Gasteiger partial charge is 0.478 e. The van der Waals surface area contributed by atoms with Crippen molar-refractivity contribution in [1.82, 2.24) is 14.8 Å². The summed E-state index contributed by atoms with van der Waals surface area (Å²) in [7, 11) is 1.63. The van der Waals surface area contributed by atoms with Gasteiger partial charge in [0, 0.05) is 13.2 Å². The number of nitrogens with one attached hydrogen (secondary N) is 1. The molecule has 0 saturated heterocycles. The van der Waals surface area contributed by atoms with E-state index in [2.05, 4.69) is 15.4 Å². The summed E-state index contributed by atoms with van der Waals surface area (Å²) in [6, 6.07) is 8.72. The fourth-order valence-electron chi connectivity index (χ4n) is 2.57. The van der Waals surface area contributed by atoms with Gasteiger partial charge in [-0.1, -0.05) is 12.1 Å². The quantitative estimate of drug-likeness (QED) is 0.696. The van der Waals surface area contributed by atoms with Gasteiger partial charge in [0.25, 0.3) is 0 Å². The lowest BCUT2D eigenvalue weighted by Gasteiger charge is -2.15. The molecule has 0 unspecified atom stereocenters. The minimum Gasteiger partial charge on any atom is -0.478 e. The van der Waals surface area contributed by atoms with Crippen LogP contribution in [0, 0.1) is 5.82 Å². The van der Waals surface area contributed by atoms with Gasteiger partial charge in [-0.25, -0.2) is 14.0 Å². The molecule has 2 aromatic heterocycles. The van der Waals surface area contributed by atoms with Crippen LogP contribution in [0.15, 0.2) is 48.8 Å². The van der Waals surface area contributed by atoms with Gasteiger partial charge in [-0.3, -0.25) is 15.0 Å². The Kier molecular flexibility index (Phi) is 5.35. The molecule has 0 saturated carbocycles. The fourth-order valence-corrected chi connectivity index (χ4v) is 2.57. The molecule has 1 atom stereocenters. The van der Waals surface area contributed by atoms with Crippen molar-refractivity contribution in [3.63, 3.8) is 0 Å². The Balaban J connectivity index is 1.76. The molecule has 144 valence electrons. The Morgan fingerprint density at radius 1 is 1.25 bits per heavy atom. The van der Waals surface area contributed by atoms with Gasteiger partial charge in [-0.15, -0.1) is 0 Å². The summed E-state index contributed by atoms with van der Waals surface area (Å²) in [6.45, 7) is 1.63. The second-order valence-electron chi connectivity index (χ2n) is 6.00. The third kappa shape index (κ3) is 4.14. The van der Waals surface area contributed by atoms with Crippen molar-refractivity contribution < 1.29 is 23.8 Å². The zero-order chi connectivity index (χ0) is 20.3. The Morgan fingerprint density at radius 2 is 2.04 bits per heavy atom. The maximum absolute atomic E-state index is 13.3. The number of aryl methyl sites for hydroxylation is 1. The van der Waals surface area contributed by atoms with E-state index in [4.69, 9.17) is 9.84 Å². The highest BCUT2D eigenvalue weighted by atomic mass is 19.1. The fraction of sp³-hybridized carbons (Fsp3) is 0.158. The molecule has 0 aliphatic heterocycles. The molecule has 0 aliphatic carbocycles. The van der Waals surface area contributed by atoms with Crippen molar-refractivity contribution in [2.75, 3.05) is 5.32 Å². The van der Waals surface area contributed by atoms with Crippen LogP contribution in [0.5, 0.6) is 0 Å². The van der Waals surface area contributed by atoms with Gasteiger partial charge >= 0.3 is 12.1 Å². The van der Waals surface area contributed by atoms with Gasteiger partial charge in [-0.2, -0.15) is 5.10 Å². The first-order valence-electron chi connectivity index (χ1n) is 8.30. The van der Waals surface area contributed by atoms with Crippen LogP contribution in [-0.2, 0) is 11.8 Å². The number of nitrogens with zero attached hydrogens (tertiary/aromatic N) is 3. The second kappa shape index (κ2) is 7.87. The van der Waals surface area contributed by atoms with E-state index < -0.39 is 24.0 Å². The second-order valence-corrected chi connectivity index (χ2v) is 6.00. The third-order valence-electron chi connectivity index (χ3n) is 4.05. The highest BCUT2D eigenvalue weighted by Gasteiger charge is 2.18. The molecule has 28 heavy (non-hydrogen) atoms. The zero-order valence-corrected chi connectivity index (χ0v) is 15.1. The number of carbonyl (C=O) groups is 2. The molecule has 1 amide bonds. The van der Waals surface area contributed by atoms with E-state index in [1.807, 2.05) is 0 Å². The molecule has 0 spiro atoms. The first-order chi connectivity index (χ1) is 13.3. The number of carbonyl (C=O) groups excluding carboxylic acids is 1. The summed E-state index contributed by atoms with van der Waals surface area (Å²) in [5.41, 5.74) is 1.50. The van der Waals surface area contributed by atoms with Crippen LogP contribution >= 0.6 is 0 Å². The van der Waals surface area contributed by atoms with Crippen molar-refractivity contribution in [2.24, 2.45) is 7.05 Å². The molecule has 3 aromatic rings. The topological polar surface area (TPSA) is 106 Å². The lowest BCUT2D eigenvalue weighted by atomic mass is 10.1. The van der Waals surface area contributed by atoms with Crippen LogP contribution < -0.4 is 5.32 Å². The van der Waals surface area contributed by atoms with E-state index in [0.717, 1.165) is 0 Å². The van der Waals surface area contributed by atoms with Crippen molar-refractivity contribution in [1.29, 1.82) is 0 Å². The summed E-state index contributed by atoms with van der Waals surface area (Å²) in [5.74, 6) is -1.18. The number of aromatic nitrogens is 3. The SMILES string of the molecule is C[C@@H](OC(=O)Nc1c(-c2ccc(C(=O)O)cn2)cnn1C)c1cccc(F)c1. The van der Waals surface area contributed by atoms with Crippen LogP contribution in [-0.4, -0.2) is 31.9 Å². The first kappa shape index (κ1) is 19.0. The predicted molar refractivity (Wildman–Crippen MR) is 98.3 cm³/mol. The molecule has 8 nitrogen and oxygen atoms in total. The van der Waals surface area contributed by atoms with Gasteiger partial charge in [0.1, 0.15) is 17.7 Å². The smallest absolute Gasteiger partial charge is 0.413 e. The molecule has 9 heteroatoms. The minimum absolute atomic E-state index is 0.0467. The van der Waals surface area contributed by atoms with E-state index in [1.165, 1.54) is 47.4 Å². The first-order valence-corrected chi connectivity index (χ1v) is 8.30. The van der Waals surface area contributed by atoms with E-state index in [1.54, 1.807) is 20.0 Å². The molecular weight excluding hydrogens is 367 g/mol. The number of hydrogen-bond donors (Lipinski definition) is 2. The van der Waals surface area contributed by atoms with Gasteiger partial charge in [0.15, 0.2) is 0 Å². The van der Waals surface area contributed by atoms with Crippen LogP contribution in [0.25, 0.3) is 11.3 Å². The summed E-state index contributed by atoms with van der Waals surface area (Å²) >= 11 is 0. The third-order valence-corrected chi connectivity index (χ3v) is 4.05. The number of hydrogen-bond acceptors (Lipinski definition) is 5. The predicted octanol–water partition coefficient (Wildman–Crippen LogP) is 3.63. The van der Waals surface area contributed by atoms with Crippen LogP contribution in [0.2, 0.25) is 0 Å². The van der Waals surface area contributed by atoms with E-state index in [9.17, 15) is 14.0 Å². The molecule has 0 radical (unpaired) electrons. The molecule has 0 bridgehead atoms. The maximum atomic E-state index is 13.3. The number of pyridine rings is 1. The van der Waals surface area contributed by atoms with Crippen molar-refractivity contribution in [3.8, 4) is 11.3 Å². The molecule has 0 fully saturated rings. The molecule has 2 N–H and O–H groups in total. The van der Waals surface area contributed by atoms with E-state index in [-0.39, 0.29) is 5.56 Å². The number of halogens is 1. The number of rotatable bonds is 5. The summed E-state index contributed by atoms with van der Waals surface area (Å²) in [6.07, 6.45) is 1.30. The van der Waals surface area contributed by atoms with Crippen molar-refractivity contribution >= 4 is 17.9 Å². The van der Waals surface area contributed by atoms with E-state index in [0.29, 0.717) is 22.6 Å². The Hall–Kier alpha value is -3.75. The maximum Gasteiger partial charge on any atom is 0.413 e. The molecule has 3 rings (SSSR count). The molecular formula is C19H17FN4O4. The number of amides is 1. The minimum atomic E-state index is -1.08. The lowest BCUT2D eigenvalue weighted by Crippen LogP contribution is -2.18. The van der Waals surface area contributed by atoms with Crippen LogP contribution in [0.3, 0.4) is 0 Å². The standard InChI is InChI=1S/C19H17FN4O4/c1-11(12-4-3-5-14(20)8-12)28-19(27)23-17-15(10-22-24(17)2)16-7-6-13(9-21-16)18(25)26/h3-11H,1-2H3,(H,23,27)(H,25,26)/t11-/m1/s1. The number of aromatic carboxylic acids is 1. The Morgan fingerprint density at radius 3 is 2.68 bits per heavy atom. The highest BCUT2D eigenvalue weighted by molar-refractivity contribution is 5.90. The number of ether oxygens (including phenoxy) is 1. The lowest BCUT2D eigenvalue weighted by molar-refractivity contribution is 0.0696. The molecule has 0 aliphatic rings. The summed E-state index contributed by atoms with van der Waals surface area (Å²) < 4.78 is 20.1. The Labute approximate surface area is 159 Å². The van der Waals surface area contributed by atoms with E-state index >= 15 is 0 Å². The average molecular weight is 384 g/mol. The van der Waals surface area contributed by atoms with Gasteiger partial charge in [-0.05, 0) is 36.8 Å². The molecule has 2 heterocycles. The van der Waals surface area contributed by atoms with Gasteiger partial charge in [0.2, 0.25) is 0 Å². The average Bonchev–Trinajstić information content (AvgIpc) is 3.02. The highest BCUT2D eigenvalue weighted by Crippen LogP contribution is 2.27. The van der Waals surface area contributed by atoms with Crippen molar-refractivity contribution in [3.05, 3.63) is 65.7 Å². The number of carboxylic acids is 1. The number of anilines is 1. The van der Waals surface area contributed by atoms with Crippen molar-refractivity contribution in [2.45, 2.75) is 13.0 Å². The van der Waals surface area contributed by atoms with Gasteiger partial charge in [0.05, 0.1) is 23.0 Å². The van der Waals surface area contributed by atoms with Crippen LogP contribution in [0.1, 0.15) is 28.9 Å². The normalized spacial score (nSPS) is 11.7. The summed E-state index contributed by atoms with van der Waals surface area (Å²) in [5, 5.41) is 15.7. The molecule has 1 aromatic carbocycles. The van der Waals surface area contributed by atoms with Gasteiger partial charge < -0.3 is 9.84 Å². The Bertz CT molecular complexity index is 1020. The number of carboxylic acid groups (broad SMARTS) is 1. The number of benzene rings is 1. The van der Waals surface area contributed by atoms with Crippen LogP contribution in [0.4, 0.5) is 15.0 Å². The zero-order valence-electron chi connectivity index (χ0n) is 15.1. The summed E-state index contributed by atoms with van der Waals surface area (Å²) in [4.78, 5) is 27.3. The monoisotopic (exact) mass is 384 g/mol.